The summed E-state index contributed by atoms with van der Waals surface area (Å²) >= 11 is 0. The Hall–Kier alpha value is -1.61. The second kappa shape index (κ2) is 5.64. The molecule has 1 N–H and O–H groups in total. The topological polar surface area (TPSA) is 38.1 Å². The summed E-state index contributed by atoms with van der Waals surface area (Å²) in [7, 11) is 0. The fourth-order valence-corrected chi connectivity index (χ4v) is 2.00. The summed E-state index contributed by atoms with van der Waals surface area (Å²) in [5.41, 5.74) is 2.32. The third kappa shape index (κ3) is 2.94. The fourth-order valence-electron chi connectivity index (χ4n) is 2.00. The SMILES string of the molecule is CCNC(Cc1ccco1)c1ncccc1C. The first kappa shape index (κ1) is 11.9. The Balaban J connectivity index is 2.20. The number of rotatable bonds is 5. The minimum absolute atomic E-state index is 0.215. The van der Waals surface area contributed by atoms with Gasteiger partial charge in [-0.2, -0.15) is 0 Å². The molecule has 0 radical (unpaired) electrons. The van der Waals surface area contributed by atoms with E-state index in [0.29, 0.717) is 0 Å². The summed E-state index contributed by atoms with van der Waals surface area (Å²) in [6, 6.07) is 8.20. The highest BCUT2D eigenvalue weighted by molar-refractivity contribution is 5.22. The molecule has 1 atom stereocenters. The molecule has 0 bridgehead atoms. The van der Waals surface area contributed by atoms with Crippen LogP contribution in [-0.2, 0) is 6.42 Å². The maximum absolute atomic E-state index is 5.40. The maximum Gasteiger partial charge on any atom is 0.105 e. The van der Waals surface area contributed by atoms with Crippen LogP contribution in [0.4, 0.5) is 0 Å². The average Bonchev–Trinajstić information content (AvgIpc) is 2.82. The van der Waals surface area contributed by atoms with Gasteiger partial charge in [-0.3, -0.25) is 4.98 Å². The van der Waals surface area contributed by atoms with Gasteiger partial charge in [-0.25, -0.2) is 0 Å². The van der Waals surface area contributed by atoms with Crippen molar-refractivity contribution in [3.63, 3.8) is 0 Å². The molecule has 0 saturated heterocycles. The highest BCUT2D eigenvalue weighted by atomic mass is 16.3. The summed E-state index contributed by atoms with van der Waals surface area (Å²) in [6.45, 7) is 5.11. The lowest BCUT2D eigenvalue weighted by molar-refractivity contribution is 0.449. The Morgan fingerprint density at radius 2 is 2.24 bits per heavy atom. The molecule has 0 saturated carbocycles. The van der Waals surface area contributed by atoms with Crippen molar-refractivity contribution in [1.29, 1.82) is 0 Å². The molecule has 0 fully saturated rings. The van der Waals surface area contributed by atoms with E-state index in [4.69, 9.17) is 4.42 Å². The number of likely N-dealkylation sites (N-methyl/N-ethyl adjacent to an activating group) is 1. The summed E-state index contributed by atoms with van der Waals surface area (Å²) in [5, 5.41) is 3.46. The minimum atomic E-state index is 0.215. The third-order valence-corrected chi connectivity index (χ3v) is 2.82. The van der Waals surface area contributed by atoms with Crippen LogP contribution < -0.4 is 5.32 Å². The van der Waals surface area contributed by atoms with Crippen molar-refractivity contribution in [2.24, 2.45) is 0 Å². The van der Waals surface area contributed by atoms with Crippen molar-refractivity contribution in [3.8, 4) is 0 Å². The van der Waals surface area contributed by atoms with E-state index < -0.39 is 0 Å². The smallest absolute Gasteiger partial charge is 0.105 e. The second-order valence-corrected chi connectivity index (χ2v) is 4.10. The van der Waals surface area contributed by atoms with Crippen LogP contribution in [0.3, 0.4) is 0 Å². The van der Waals surface area contributed by atoms with Gasteiger partial charge in [0.25, 0.3) is 0 Å². The molecular weight excluding hydrogens is 212 g/mol. The predicted molar refractivity (Wildman–Crippen MR) is 67.8 cm³/mol. The van der Waals surface area contributed by atoms with Gasteiger partial charge in [-0.05, 0) is 37.2 Å². The van der Waals surface area contributed by atoms with E-state index in [9.17, 15) is 0 Å². The number of nitrogens with one attached hydrogen (secondary N) is 1. The van der Waals surface area contributed by atoms with E-state index in [-0.39, 0.29) is 6.04 Å². The lowest BCUT2D eigenvalue weighted by atomic mass is 10.0. The average molecular weight is 230 g/mol. The molecule has 0 aliphatic carbocycles. The highest BCUT2D eigenvalue weighted by Crippen LogP contribution is 2.19. The number of furan rings is 1. The number of hydrogen-bond donors (Lipinski definition) is 1. The molecule has 2 aromatic heterocycles. The van der Waals surface area contributed by atoms with Crippen molar-refractivity contribution < 1.29 is 4.42 Å². The standard InChI is InChI=1S/C14H18N2O/c1-3-15-13(10-12-7-5-9-17-12)14-11(2)6-4-8-16-14/h4-9,13,15H,3,10H2,1-2H3. The van der Waals surface area contributed by atoms with Gasteiger partial charge in [0.2, 0.25) is 0 Å². The van der Waals surface area contributed by atoms with Gasteiger partial charge in [0, 0.05) is 12.6 Å². The molecule has 3 heteroatoms. The van der Waals surface area contributed by atoms with Gasteiger partial charge in [-0.15, -0.1) is 0 Å². The van der Waals surface area contributed by atoms with Crippen molar-refractivity contribution in [3.05, 3.63) is 53.7 Å². The molecule has 0 amide bonds. The van der Waals surface area contributed by atoms with Crippen LogP contribution in [0, 0.1) is 6.92 Å². The number of nitrogens with zero attached hydrogens (tertiary/aromatic N) is 1. The zero-order valence-electron chi connectivity index (χ0n) is 10.3. The van der Waals surface area contributed by atoms with E-state index in [2.05, 4.69) is 30.2 Å². The first-order valence-corrected chi connectivity index (χ1v) is 5.98. The largest absolute Gasteiger partial charge is 0.469 e. The molecule has 2 rings (SSSR count). The van der Waals surface area contributed by atoms with Gasteiger partial charge >= 0.3 is 0 Å². The summed E-state index contributed by atoms with van der Waals surface area (Å²) in [4.78, 5) is 4.47. The molecule has 1 unspecified atom stereocenters. The van der Waals surface area contributed by atoms with Gasteiger partial charge in [0.15, 0.2) is 0 Å². The van der Waals surface area contributed by atoms with E-state index in [1.807, 2.05) is 24.4 Å². The van der Waals surface area contributed by atoms with Gasteiger partial charge in [0.05, 0.1) is 18.0 Å². The first-order chi connectivity index (χ1) is 8.31. The van der Waals surface area contributed by atoms with Crippen LogP contribution in [0.15, 0.2) is 41.1 Å². The number of hydrogen-bond acceptors (Lipinski definition) is 3. The van der Waals surface area contributed by atoms with Gasteiger partial charge in [0.1, 0.15) is 5.76 Å². The third-order valence-electron chi connectivity index (χ3n) is 2.82. The molecule has 0 spiro atoms. The molecule has 0 aliphatic heterocycles. The van der Waals surface area contributed by atoms with E-state index in [0.717, 1.165) is 24.4 Å². The summed E-state index contributed by atoms with van der Waals surface area (Å²) in [5.74, 6) is 0.987. The molecule has 2 heterocycles. The number of aromatic nitrogens is 1. The summed E-state index contributed by atoms with van der Waals surface area (Å²) < 4.78 is 5.40. The second-order valence-electron chi connectivity index (χ2n) is 4.10. The molecule has 2 aromatic rings. The highest BCUT2D eigenvalue weighted by Gasteiger charge is 2.15. The Kier molecular flexibility index (Phi) is 3.94. The molecule has 3 nitrogen and oxygen atoms in total. The molecular formula is C14H18N2O. The predicted octanol–water partition coefficient (Wildman–Crippen LogP) is 2.88. The van der Waals surface area contributed by atoms with Crippen LogP contribution in [-0.4, -0.2) is 11.5 Å². The monoisotopic (exact) mass is 230 g/mol. The van der Waals surface area contributed by atoms with Crippen molar-refractivity contribution in [1.82, 2.24) is 10.3 Å². The Labute approximate surface area is 102 Å². The Morgan fingerprint density at radius 1 is 1.35 bits per heavy atom. The quantitative estimate of drug-likeness (QED) is 0.858. The minimum Gasteiger partial charge on any atom is -0.469 e. The number of pyridine rings is 1. The van der Waals surface area contributed by atoms with Crippen molar-refractivity contribution in [2.45, 2.75) is 26.3 Å². The van der Waals surface area contributed by atoms with Crippen LogP contribution in [0.2, 0.25) is 0 Å². The lowest BCUT2D eigenvalue weighted by Gasteiger charge is -2.18. The molecule has 90 valence electrons. The van der Waals surface area contributed by atoms with E-state index >= 15 is 0 Å². The zero-order valence-corrected chi connectivity index (χ0v) is 10.3. The Morgan fingerprint density at radius 3 is 2.88 bits per heavy atom. The van der Waals surface area contributed by atoms with Crippen molar-refractivity contribution in [2.75, 3.05) is 6.54 Å². The van der Waals surface area contributed by atoms with Crippen molar-refractivity contribution >= 4 is 0 Å². The van der Waals surface area contributed by atoms with Gasteiger partial charge < -0.3 is 9.73 Å². The molecule has 0 aromatic carbocycles. The lowest BCUT2D eigenvalue weighted by Crippen LogP contribution is -2.24. The maximum atomic E-state index is 5.40. The first-order valence-electron chi connectivity index (χ1n) is 5.98. The Bertz CT molecular complexity index is 451. The van der Waals surface area contributed by atoms with Crippen LogP contribution in [0.1, 0.15) is 30.0 Å². The van der Waals surface area contributed by atoms with Crippen LogP contribution in [0.5, 0.6) is 0 Å². The molecule has 0 aliphatic rings. The van der Waals surface area contributed by atoms with E-state index in [1.165, 1.54) is 5.56 Å². The number of aryl methyl sites for hydroxylation is 1. The van der Waals surface area contributed by atoms with Gasteiger partial charge in [-0.1, -0.05) is 13.0 Å². The molecule has 17 heavy (non-hydrogen) atoms. The van der Waals surface area contributed by atoms with Crippen LogP contribution in [0.25, 0.3) is 0 Å². The fraction of sp³-hybridized carbons (Fsp3) is 0.357. The van der Waals surface area contributed by atoms with Crippen LogP contribution >= 0.6 is 0 Å². The summed E-state index contributed by atoms with van der Waals surface area (Å²) in [6.07, 6.45) is 4.39. The normalized spacial score (nSPS) is 12.6. The van der Waals surface area contributed by atoms with E-state index in [1.54, 1.807) is 6.26 Å². The zero-order chi connectivity index (χ0) is 12.1.